The molecule has 0 amide bonds. The maximum atomic E-state index is 13.6. The van der Waals surface area contributed by atoms with Crippen LogP contribution in [0.3, 0.4) is 0 Å². The summed E-state index contributed by atoms with van der Waals surface area (Å²) in [4.78, 5) is 35.5. The minimum absolute atomic E-state index is 0.0812. The van der Waals surface area contributed by atoms with Crippen molar-refractivity contribution < 1.29 is 9.21 Å². The van der Waals surface area contributed by atoms with Crippen LogP contribution in [-0.4, -0.2) is 20.3 Å². The van der Waals surface area contributed by atoms with Crippen LogP contribution in [0.1, 0.15) is 21.6 Å². The van der Waals surface area contributed by atoms with Gasteiger partial charge in [0, 0.05) is 22.7 Å². The number of nitrogens with zero attached hydrogens (tertiary/aromatic N) is 3. The number of aromatic nitrogens is 3. The Morgan fingerprint density at radius 2 is 1.78 bits per heavy atom. The fourth-order valence-electron chi connectivity index (χ4n) is 3.72. The molecule has 0 saturated carbocycles. The summed E-state index contributed by atoms with van der Waals surface area (Å²) in [6.07, 6.45) is 4.58. The molecule has 0 bridgehead atoms. The van der Waals surface area contributed by atoms with Crippen molar-refractivity contribution in [2.45, 2.75) is 6.54 Å². The molecular formula is C25H16BrN3O3. The quantitative estimate of drug-likeness (QED) is 0.255. The average molecular weight is 486 g/mol. The van der Waals surface area contributed by atoms with Crippen molar-refractivity contribution in [1.82, 2.24) is 14.5 Å². The second-order valence-corrected chi connectivity index (χ2v) is 7.99. The number of ketones is 1. The Morgan fingerprint density at radius 1 is 0.969 bits per heavy atom. The molecule has 2 aromatic carbocycles. The number of hydrogen-bond acceptors (Lipinski definition) is 5. The van der Waals surface area contributed by atoms with E-state index in [9.17, 15) is 9.59 Å². The average Bonchev–Trinajstić information content (AvgIpc) is 3.35. The minimum atomic E-state index is -0.384. The molecule has 3 heterocycles. The highest BCUT2D eigenvalue weighted by atomic mass is 79.9. The third kappa shape index (κ3) is 3.67. The number of para-hydroxylation sites is 1. The van der Waals surface area contributed by atoms with Crippen LogP contribution in [0.2, 0.25) is 0 Å². The lowest BCUT2D eigenvalue weighted by Gasteiger charge is -2.14. The van der Waals surface area contributed by atoms with Gasteiger partial charge in [0.15, 0.2) is 5.78 Å². The first-order valence-electron chi connectivity index (χ1n) is 9.89. The Hall–Kier alpha value is -3.84. The second-order valence-electron chi connectivity index (χ2n) is 7.18. The van der Waals surface area contributed by atoms with Crippen molar-refractivity contribution >= 4 is 32.6 Å². The predicted octanol–water partition coefficient (Wildman–Crippen LogP) is 5.09. The third-order valence-electron chi connectivity index (χ3n) is 5.17. The van der Waals surface area contributed by atoms with E-state index >= 15 is 0 Å². The summed E-state index contributed by atoms with van der Waals surface area (Å²) in [5.41, 5.74) is 2.19. The summed E-state index contributed by atoms with van der Waals surface area (Å²) in [5, 5.41) is 0.474. The van der Waals surface area contributed by atoms with E-state index in [1.807, 2.05) is 34.9 Å². The van der Waals surface area contributed by atoms with Crippen LogP contribution in [0.15, 0.2) is 99.2 Å². The Bertz CT molecular complexity index is 1510. The molecule has 3 aromatic heterocycles. The summed E-state index contributed by atoms with van der Waals surface area (Å²) in [6, 6.07) is 19.9. The molecule has 0 aliphatic heterocycles. The molecule has 0 radical (unpaired) electrons. The van der Waals surface area contributed by atoms with Crippen LogP contribution < -0.4 is 5.43 Å². The maximum absolute atomic E-state index is 13.6. The summed E-state index contributed by atoms with van der Waals surface area (Å²) in [7, 11) is 0. The van der Waals surface area contributed by atoms with Crippen molar-refractivity contribution in [2.75, 3.05) is 0 Å². The van der Waals surface area contributed by atoms with E-state index in [-0.39, 0.29) is 16.8 Å². The van der Waals surface area contributed by atoms with Gasteiger partial charge in [-0.2, -0.15) is 0 Å². The Kier molecular flexibility index (Phi) is 5.25. The summed E-state index contributed by atoms with van der Waals surface area (Å²) in [5.74, 6) is -0.0566. The topological polar surface area (TPSA) is 78.0 Å². The van der Waals surface area contributed by atoms with Crippen LogP contribution in [0.5, 0.6) is 0 Å². The zero-order chi connectivity index (χ0) is 22.1. The van der Waals surface area contributed by atoms with Crippen LogP contribution in [0.25, 0.3) is 22.4 Å². The number of fused-ring (bicyclic) bond motifs is 1. The van der Waals surface area contributed by atoms with Gasteiger partial charge >= 0.3 is 0 Å². The van der Waals surface area contributed by atoms with Gasteiger partial charge in [0.05, 0.1) is 29.5 Å². The first-order valence-corrected chi connectivity index (χ1v) is 10.7. The number of carbonyl (C=O) groups excluding carboxylic acids is 1. The van der Waals surface area contributed by atoms with E-state index in [0.717, 1.165) is 15.8 Å². The number of benzene rings is 2. The van der Waals surface area contributed by atoms with Crippen LogP contribution in [-0.2, 0) is 6.54 Å². The lowest BCUT2D eigenvalue weighted by atomic mass is 9.97. The van der Waals surface area contributed by atoms with E-state index in [4.69, 9.17) is 4.42 Å². The molecule has 6 nitrogen and oxygen atoms in total. The van der Waals surface area contributed by atoms with E-state index in [1.165, 1.54) is 12.5 Å². The predicted molar refractivity (Wildman–Crippen MR) is 125 cm³/mol. The molecule has 0 atom stereocenters. The van der Waals surface area contributed by atoms with Crippen molar-refractivity contribution in [3.05, 3.63) is 117 Å². The highest BCUT2D eigenvalue weighted by Crippen LogP contribution is 2.24. The Labute approximate surface area is 191 Å². The zero-order valence-corrected chi connectivity index (χ0v) is 18.3. The first-order chi connectivity index (χ1) is 15.6. The van der Waals surface area contributed by atoms with Gasteiger partial charge in [0.25, 0.3) is 0 Å². The number of oxazole rings is 1. The molecule has 32 heavy (non-hydrogen) atoms. The molecule has 7 heteroatoms. The number of rotatable bonds is 5. The van der Waals surface area contributed by atoms with Gasteiger partial charge in [-0.3, -0.25) is 9.59 Å². The van der Waals surface area contributed by atoms with E-state index < -0.39 is 0 Å². The minimum Gasteiger partial charge on any atom is -0.445 e. The molecule has 5 rings (SSSR count). The number of halogens is 1. The van der Waals surface area contributed by atoms with Crippen molar-refractivity contribution in [1.29, 1.82) is 0 Å². The largest absolute Gasteiger partial charge is 0.445 e. The van der Waals surface area contributed by atoms with E-state index in [2.05, 4.69) is 25.9 Å². The van der Waals surface area contributed by atoms with Crippen LogP contribution in [0, 0.1) is 0 Å². The number of carbonyl (C=O) groups is 1. The molecule has 0 fully saturated rings. The standard InChI is InChI=1S/C25H16BrN3O3/c26-22-11-5-6-16(28-22)14-29-15-20(24(31)19-9-3-4-10-21(19)29)23(30)17-7-1-2-8-18(17)25-27-12-13-32-25/h1-13,15H,14H2. The lowest BCUT2D eigenvalue weighted by Crippen LogP contribution is -2.20. The van der Waals surface area contributed by atoms with Gasteiger partial charge in [-0.1, -0.05) is 36.4 Å². The van der Waals surface area contributed by atoms with E-state index in [1.54, 1.807) is 42.6 Å². The summed E-state index contributed by atoms with van der Waals surface area (Å²) in [6.45, 7) is 0.405. The van der Waals surface area contributed by atoms with Gasteiger partial charge in [-0.15, -0.1) is 0 Å². The Balaban J connectivity index is 1.68. The van der Waals surface area contributed by atoms with Gasteiger partial charge in [-0.05, 0) is 46.3 Å². The molecule has 0 unspecified atom stereocenters. The number of hydrogen-bond donors (Lipinski definition) is 0. The van der Waals surface area contributed by atoms with Crippen LogP contribution >= 0.6 is 15.9 Å². The van der Waals surface area contributed by atoms with Crippen molar-refractivity contribution in [3.63, 3.8) is 0 Å². The SMILES string of the molecule is O=C(c1ccccc1-c1ncco1)c1cn(Cc2cccc(Br)n2)c2ccccc2c1=O. The second kappa shape index (κ2) is 8.36. The van der Waals surface area contributed by atoms with Gasteiger partial charge in [0.2, 0.25) is 11.3 Å². The van der Waals surface area contributed by atoms with Crippen LogP contribution in [0.4, 0.5) is 0 Å². The molecule has 156 valence electrons. The van der Waals surface area contributed by atoms with Gasteiger partial charge in [0.1, 0.15) is 10.9 Å². The van der Waals surface area contributed by atoms with E-state index in [0.29, 0.717) is 28.9 Å². The van der Waals surface area contributed by atoms with Crippen molar-refractivity contribution in [3.8, 4) is 11.5 Å². The Morgan fingerprint density at radius 3 is 2.59 bits per heavy atom. The highest BCUT2D eigenvalue weighted by molar-refractivity contribution is 9.10. The maximum Gasteiger partial charge on any atom is 0.226 e. The molecule has 0 N–H and O–H groups in total. The van der Waals surface area contributed by atoms with Gasteiger partial charge in [-0.25, -0.2) is 9.97 Å². The molecule has 0 saturated heterocycles. The fraction of sp³-hybridized carbons (Fsp3) is 0.0400. The first kappa shape index (κ1) is 20.1. The summed E-state index contributed by atoms with van der Waals surface area (Å²) >= 11 is 3.39. The molecule has 0 aliphatic rings. The lowest BCUT2D eigenvalue weighted by molar-refractivity contribution is 0.103. The molecule has 0 spiro atoms. The number of pyridine rings is 2. The fourth-order valence-corrected chi connectivity index (χ4v) is 4.10. The van der Waals surface area contributed by atoms with Gasteiger partial charge < -0.3 is 8.98 Å². The van der Waals surface area contributed by atoms with Crippen molar-refractivity contribution in [2.24, 2.45) is 0 Å². The summed E-state index contributed by atoms with van der Waals surface area (Å²) < 4.78 is 8.00. The monoisotopic (exact) mass is 485 g/mol. The molecule has 5 aromatic rings. The molecule has 0 aliphatic carbocycles. The highest BCUT2D eigenvalue weighted by Gasteiger charge is 2.21. The zero-order valence-electron chi connectivity index (χ0n) is 16.7. The third-order valence-corrected chi connectivity index (χ3v) is 5.61. The smallest absolute Gasteiger partial charge is 0.226 e. The molecular weight excluding hydrogens is 470 g/mol. The normalized spacial score (nSPS) is 11.0.